The zero-order chi connectivity index (χ0) is 12.0. The van der Waals surface area contributed by atoms with Crippen molar-refractivity contribution in [3.8, 4) is 0 Å². The Bertz CT molecular complexity index is 240. The summed E-state index contributed by atoms with van der Waals surface area (Å²) in [5.74, 6) is 2.43. The summed E-state index contributed by atoms with van der Waals surface area (Å²) in [6, 6.07) is 0.588. The number of thioether (sulfide) groups is 1. The van der Waals surface area contributed by atoms with Crippen molar-refractivity contribution in [2.75, 3.05) is 12.8 Å². The smallest absolute Gasteiger partial charge is 0.156 e. The highest BCUT2D eigenvalue weighted by Crippen LogP contribution is 2.29. The molecule has 1 aliphatic rings. The van der Waals surface area contributed by atoms with Crippen LogP contribution in [0.15, 0.2) is 17.6 Å². The Morgan fingerprint density at radius 1 is 1.44 bits per heavy atom. The summed E-state index contributed by atoms with van der Waals surface area (Å²) in [6.45, 7) is 8.43. The lowest BCUT2D eigenvalue weighted by molar-refractivity contribution is 0.232. The van der Waals surface area contributed by atoms with E-state index in [1.165, 1.54) is 19.3 Å². The van der Waals surface area contributed by atoms with Crippen LogP contribution in [0.4, 0.5) is 0 Å². The molecule has 1 N–H and O–H groups in total. The SMILES string of the molecule is C=CCSC(=NC)NC1C(C)CCCC1C. The monoisotopic (exact) mass is 240 g/mol. The van der Waals surface area contributed by atoms with Crippen molar-refractivity contribution in [1.82, 2.24) is 5.32 Å². The molecule has 0 aliphatic heterocycles. The van der Waals surface area contributed by atoms with Crippen molar-refractivity contribution < 1.29 is 0 Å². The number of aliphatic imine (C=N–C) groups is 1. The van der Waals surface area contributed by atoms with Crippen LogP contribution in [0, 0.1) is 11.8 Å². The molecular weight excluding hydrogens is 216 g/mol. The fraction of sp³-hybridized carbons (Fsp3) is 0.769. The van der Waals surface area contributed by atoms with Crippen molar-refractivity contribution in [3.05, 3.63) is 12.7 Å². The highest BCUT2D eigenvalue weighted by Gasteiger charge is 2.28. The van der Waals surface area contributed by atoms with Gasteiger partial charge in [-0.25, -0.2) is 0 Å². The van der Waals surface area contributed by atoms with Crippen molar-refractivity contribution in [1.29, 1.82) is 0 Å². The molecular formula is C13H24N2S. The molecule has 92 valence electrons. The summed E-state index contributed by atoms with van der Waals surface area (Å²) in [5, 5.41) is 4.67. The van der Waals surface area contributed by atoms with Gasteiger partial charge in [-0.15, -0.1) is 6.58 Å². The van der Waals surface area contributed by atoms with Gasteiger partial charge in [0.25, 0.3) is 0 Å². The number of hydrogen-bond acceptors (Lipinski definition) is 2. The lowest BCUT2D eigenvalue weighted by Gasteiger charge is -2.35. The maximum atomic E-state index is 4.31. The van der Waals surface area contributed by atoms with Crippen molar-refractivity contribution in [3.63, 3.8) is 0 Å². The molecule has 2 atom stereocenters. The molecule has 1 aliphatic carbocycles. The minimum Gasteiger partial charge on any atom is -0.362 e. The molecule has 1 saturated carbocycles. The molecule has 16 heavy (non-hydrogen) atoms. The highest BCUT2D eigenvalue weighted by atomic mass is 32.2. The lowest BCUT2D eigenvalue weighted by atomic mass is 9.79. The van der Waals surface area contributed by atoms with E-state index in [0.717, 1.165) is 22.8 Å². The maximum Gasteiger partial charge on any atom is 0.156 e. The van der Waals surface area contributed by atoms with Crippen LogP contribution in [0.5, 0.6) is 0 Å². The Hall–Kier alpha value is -0.440. The van der Waals surface area contributed by atoms with Crippen LogP contribution in [0.25, 0.3) is 0 Å². The van der Waals surface area contributed by atoms with E-state index in [2.05, 4.69) is 30.7 Å². The lowest BCUT2D eigenvalue weighted by Crippen LogP contribution is -2.45. The second-order valence-electron chi connectivity index (χ2n) is 4.68. The van der Waals surface area contributed by atoms with Gasteiger partial charge in [-0.1, -0.05) is 38.1 Å². The third kappa shape index (κ3) is 3.85. The first kappa shape index (κ1) is 13.6. The highest BCUT2D eigenvalue weighted by molar-refractivity contribution is 8.13. The Labute approximate surface area is 104 Å². The minimum absolute atomic E-state index is 0.588. The predicted molar refractivity (Wildman–Crippen MR) is 75.1 cm³/mol. The quantitative estimate of drug-likeness (QED) is 0.465. The van der Waals surface area contributed by atoms with Gasteiger partial charge >= 0.3 is 0 Å². The van der Waals surface area contributed by atoms with Gasteiger partial charge in [0, 0.05) is 18.8 Å². The van der Waals surface area contributed by atoms with Gasteiger partial charge < -0.3 is 5.32 Å². The standard InChI is InChI=1S/C13H24N2S/c1-5-9-16-13(14-4)15-12-10(2)7-6-8-11(12)3/h5,10-12H,1,6-9H2,2-4H3,(H,14,15). The summed E-state index contributed by atoms with van der Waals surface area (Å²) in [5.41, 5.74) is 0. The third-order valence-electron chi connectivity index (χ3n) is 3.38. The van der Waals surface area contributed by atoms with E-state index >= 15 is 0 Å². The third-order valence-corrected chi connectivity index (χ3v) is 4.35. The Morgan fingerprint density at radius 2 is 2.06 bits per heavy atom. The Balaban J connectivity index is 2.51. The van der Waals surface area contributed by atoms with Gasteiger partial charge in [-0.2, -0.15) is 0 Å². The van der Waals surface area contributed by atoms with E-state index in [-0.39, 0.29) is 0 Å². The van der Waals surface area contributed by atoms with Crippen LogP contribution in [-0.2, 0) is 0 Å². The molecule has 1 rings (SSSR count). The zero-order valence-electron chi connectivity index (χ0n) is 10.7. The van der Waals surface area contributed by atoms with Crippen molar-refractivity contribution in [2.45, 2.75) is 39.2 Å². The second-order valence-corrected chi connectivity index (χ2v) is 5.69. The summed E-state index contributed by atoms with van der Waals surface area (Å²) in [6.07, 6.45) is 5.97. The van der Waals surface area contributed by atoms with Crippen LogP contribution in [0.3, 0.4) is 0 Å². The van der Waals surface area contributed by atoms with Crippen LogP contribution in [0.2, 0.25) is 0 Å². The van der Waals surface area contributed by atoms with Gasteiger partial charge in [0.2, 0.25) is 0 Å². The first-order chi connectivity index (χ1) is 7.69. The molecule has 0 aromatic rings. The molecule has 0 aromatic heterocycles. The van der Waals surface area contributed by atoms with Crippen LogP contribution >= 0.6 is 11.8 Å². The molecule has 3 heteroatoms. The van der Waals surface area contributed by atoms with Gasteiger partial charge in [0.1, 0.15) is 0 Å². The van der Waals surface area contributed by atoms with Gasteiger partial charge in [-0.3, -0.25) is 4.99 Å². The van der Waals surface area contributed by atoms with Gasteiger partial charge in [0.05, 0.1) is 0 Å². The van der Waals surface area contributed by atoms with E-state index in [9.17, 15) is 0 Å². The van der Waals surface area contributed by atoms with Crippen molar-refractivity contribution >= 4 is 16.9 Å². The van der Waals surface area contributed by atoms with Crippen molar-refractivity contribution in [2.24, 2.45) is 16.8 Å². The fourth-order valence-corrected chi connectivity index (χ4v) is 3.04. The molecule has 0 aromatic carbocycles. The zero-order valence-corrected chi connectivity index (χ0v) is 11.5. The minimum atomic E-state index is 0.588. The number of amidine groups is 1. The average Bonchev–Trinajstić information content (AvgIpc) is 2.28. The average molecular weight is 240 g/mol. The number of hydrogen-bond donors (Lipinski definition) is 1. The summed E-state index contributed by atoms with van der Waals surface area (Å²) in [4.78, 5) is 4.31. The number of nitrogens with one attached hydrogen (secondary N) is 1. The molecule has 1 fully saturated rings. The fourth-order valence-electron chi connectivity index (χ4n) is 2.42. The van der Waals surface area contributed by atoms with E-state index in [1.54, 1.807) is 11.8 Å². The number of nitrogens with zero attached hydrogens (tertiary/aromatic N) is 1. The topological polar surface area (TPSA) is 24.4 Å². The largest absolute Gasteiger partial charge is 0.362 e. The molecule has 0 saturated heterocycles. The summed E-state index contributed by atoms with van der Waals surface area (Å²) < 4.78 is 0. The Morgan fingerprint density at radius 3 is 2.56 bits per heavy atom. The molecule has 0 bridgehead atoms. The van der Waals surface area contributed by atoms with Crippen LogP contribution < -0.4 is 5.32 Å². The second kappa shape index (κ2) is 7.00. The van der Waals surface area contributed by atoms with E-state index in [0.29, 0.717) is 6.04 Å². The normalized spacial score (nSPS) is 31.2. The maximum absolute atomic E-state index is 4.31. The molecule has 0 radical (unpaired) electrons. The molecule has 0 heterocycles. The van der Waals surface area contributed by atoms with E-state index in [1.807, 2.05) is 13.1 Å². The van der Waals surface area contributed by atoms with Crippen LogP contribution in [0.1, 0.15) is 33.1 Å². The van der Waals surface area contributed by atoms with E-state index < -0.39 is 0 Å². The molecule has 0 spiro atoms. The predicted octanol–water partition coefficient (Wildman–Crippen LogP) is 3.31. The molecule has 0 amide bonds. The molecule has 2 unspecified atom stereocenters. The van der Waals surface area contributed by atoms with Gasteiger partial charge in [0.15, 0.2) is 5.17 Å². The summed E-state index contributed by atoms with van der Waals surface area (Å²) in [7, 11) is 1.86. The van der Waals surface area contributed by atoms with E-state index in [4.69, 9.17) is 0 Å². The first-order valence-corrected chi connectivity index (χ1v) is 7.14. The first-order valence-electron chi connectivity index (χ1n) is 6.16. The van der Waals surface area contributed by atoms with Gasteiger partial charge in [-0.05, 0) is 24.7 Å². The molecule has 2 nitrogen and oxygen atoms in total. The van der Waals surface area contributed by atoms with Crippen LogP contribution in [-0.4, -0.2) is 24.0 Å². The number of rotatable bonds is 3. The summed E-state index contributed by atoms with van der Waals surface area (Å²) >= 11 is 1.74. The Kier molecular flexibility index (Phi) is 5.96.